The average Bonchev–Trinajstić information content (AvgIpc) is 3.32. The van der Waals surface area contributed by atoms with Gasteiger partial charge >= 0.3 is 0 Å². The number of aryl methyl sites for hydroxylation is 1. The SMILES string of the molecule is Cc1cccc(C(=O)n2ccc3ccccc32)c1-c1ccc2nc(N)c(N3CCOCC3)cc2c1. The number of nitrogens with two attached hydrogens (primary N) is 1. The fourth-order valence-corrected chi connectivity index (χ4v) is 5.01. The van der Waals surface area contributed by atoms with Gasteiger partial charge in [-0.25, -0.2) is 4.98 Å². The highest BCUT2D eigenvalue weighted by Gasteiger charge is 2.20. The van der Waals surface area contributed by atoms with E-state index in [1.807, 2.05) is 73.8 Å². The number of morpholine rings is 1. The van der Waals surface area contributed by atoms with Crippen LogP contribution in [0.15, 0.2) is 79.0 Å². The number of anilines is 2. The minimum absolute atomic E-state index is 0.0468. The summed E-state index contributed by atoms with van der Waals surface area (Å²) in [5, 5.41) is 2.03. The Labute approximate surface area is 203 Å². The van der Waals surface area contributed by atoms with Gasteiger partial charge in [0.1, 0.15) is 5.82 Å². The lowest BCUT2D eigenvalue weighted by atomic mass is 9.93. The number of nitrogen functional groups attached to an aromatic ring is 1. The van der Waals surface area contributed by atoms with Crippen LogP contribution in [-0.4, -0.2) is 41.8 Å². The molecule has 0 radical (unpaired) electrons. The normalized spacial score (nSPS) is 14.0. The number of pyridine rings is 1. The zero-order valence-corrected chi connectivity index (χ0v) is 19.6. The molecule has 6 rings (SSSR count). The van der Waals surface area contributed by atoms with Crippen LogP contribution in [0.1, 0.15) is 15.9 Å². The molecule has 2 N–H and O–H groups in total. The van der Waals surface area contributed by atoms with Gasteiger partial charge < -0.3 is 15.4 Å². The Hall–Kier alpha value is -4.16. The second-order valence-electron chi connectivity index (χ2n) is 8.95. The molecule has 2 aromatic heterocycles. The second-order valence-corrected chi connectivity index (χ2v) is 8.95. The first-order chi connectivity index (χ1) is 17.1. The maximum absolute atomic E-state index is 13.8. The van der Waals surface area contributed by atoms with Gasteiger partial charge in [0.2, 0.25) is 0 Å². The number of carbonyl (C=O) groups excluding carboxylic acids is 1. The zero-order valence-electron chi connectivity index (χ0n) is 19.6. The lowest BCUT2D eigenvalue weighted by Crippen LogP contribution is -2.36. The fraction of sp³-hybridized carbons (Fsp3) is 0.172. The van der Waals surface area contributed by atoms with Gasteiger partial charge in [0.15, 0.2) is 0 Å². The van der Waals surface area contributed by atoms with Gasteiger partial charge in [0.25, 0.3) is 5.91 Å². The number of ether oxygens (including phenoxy) is 1. The highest BCUT2D eigenvalue weighted by Crippen LogP contribution is 2.34. The fourth-order valence-electron chi connectivity index (χ4n) is 5.01. The summed E-state index contributed by atoms with van der Waals surface area (Å²) in [5.41, 5.74) is 12.6. The molecule has 35 heavy (non-hydrogen) atoms. The molecule has 0 aliphatic carbocycles. The van der Waals surface area contributed by atoms with Crippen molar-refractivity contribution < 1.29 is 9.53 Å². The second kappa shape index (κ2) is 8.56. The van der Waals surface area contributed by atoms with Gasteiger partial charge in [0.05, 0.1) is 29.9 Å². The van der Waals surface area contributed by atoms with Gasteiger partial charge in [0, 0.05) is 35.6 Å². The lowest BCUT2D eigenvalue weighted by Gasteiger charge is -2.29. The summed E-state index contributed by atoms with van der Waals surface area (Å²) >= 11 is 0. The summed E-state index contributed by atoms with van der Waals surface area (Å²) in [6, 6.07) is 24.0. The number of hydrogen-bond acceptors (Lipinski definition) is 5. The minimum atomic E-state index is -0.0468. The minimum Gasteiger partial charge on any atom is -0.382 e. The summed E-state index contributed by atoms with van der Waals surface area (Å²) in [7, 11) is 0. The molecule has 0 bridgehead atoms. The quantitative estimate of drug-likeness (QED) is 0.395. The van der Waals surface area contributed by atoms with E-state index in [1.54, 1.807) is 4.57 Å². The van der Waals surface area contributed by atoms with E-state index in [9.17, 15) is 4.79 Å². The summed E-state index contributed by atoms with van der Waals surface area (Å²) < 4.78 is 7.22. The molecule has 0 amide bonds. The molecular formula is C29H26N4O2. The van der Waals surface area contributed by atoms with Crippen molar-refractivity contribution >= 4 is 39.2 Å². The molecule has 0 unspecified atom stereocenters. The van der Waals surface area contributed by atoms with Gasteiger partial charge in [-0.15, -0.1) is 0 Å². The van der Waals surface area contributed by atoms with E-state index in [4.69, 9.17) is 10.5 Å². The van der Waals surface area contributed by atoms with Crippen LogP contribution >= 0.6 is 0 Å². The monoisotopic (exact) mass is 462 g/mol. The largest absolute Gasteiger partial charge is 0.382 e. The molecule has 5 aromatic rings. The number of rotatable bonds is 3. The first-order valence-corrected chi connectivity index (χ1v) is 11.8. The molecule has 6 nitrogen and oxygen atoms in total. The van der Waals surface area contributed by atoms with Crippen LogP contribution < -0.4 is 10.6 Å². The highest BCUT2D eigenvalue weighted by molar-refractivity contribution is 6.07. The maximum atomic E-state index is 13.8. The third-order valence-electron chi connectivity index (χ3n) is 6.78. The summed E-state index contributed by atoms with van der Waals surface area (Å²) in [6.45, 7) is 4.99. The number of hydrogen-bond donors (Lipinski definition) is 1. The third kappa shape index (κ3) is 3.72. The molecule has 1 aliphatic heterocycles. The smallest absolute Gasteiger partial charge is 0.262 e. The van der Waals surface area contributed by atoms with Gasteiger partial charge in [-0.1, -0.05) is 36.4 Å². The first-order valence-electron chi connectivity index (χ1n) is 11.8. The van der Waals surface area contributed by atoms with E-state index in [1.165, 1.54) is 0 Å². The van der Waals surface area contributed by atoms with E-state index in [0.717, 1.165) is 57.3 Å². The lowest BCUT2D eigenvalue weighted by molar-refractivity contribution is 0.0965. The van der Waals surface area contributed by atoms with Crippen LogP contribution in [0.3, 0.4) is 0 Å². The Bertz CT molecular complexity index is 1580. The number of para-hydroxylation sites is 1. The van der Waals surface area contributed by atoms with Crippen molar-refractivity contribution in [1.29, 1.82) is 0 Å². The van der Waals surface area contributed by atoms with Crippen LogP contribution in [-0.2, 0) is 4.74 Å². The highest BCUT2D eigenvalue weighted by atomic mass is 16.5. The Morgan fingerprint density at radius 1 is 0.943 bits per heavy atom. The average molecular weight is 463 g/mol. The number of aromatic nitrogens is 2. The van der Waals surface area contributed by atoms with Crippen LogP contribution in [0.4, 0.5) is 11.5 Å². The molecule has 6 heteroatoms. The predicted octanol–water partition coefficient (Wildman–Crippen LogP) is 5.27. The third-order valence-corrected chi connectivity index (χ3v) is 6.78. The molecule has 0 saturated carbocycles. The summed E-state index contributed by atoms with van der Waals surface area (Å²) in [4.78, 5) is 20.6. The van der Waals surface area contributed by atoms with Crippen molar-refractivity contribution in [1.82, 2.24) is 9.55 Å². The van der Waals surface area contributed by atoms with Crippen LogP contribution in [0.5, 0.6) is 0 Å². The van der Waals surface area contributed by atoms with E-state index in [0.29, 0.717) is 24.6 Å². The molecule has 1 saturated heterocycles. The van der Waals surface area contributed by atoms with E-state index < -0.39 is 0 Å². The zero-order chi connectivity index (χ0) is 23.9. The predicted molar refractivity (Wildman–Crippen MR) is 141 cm³/mol. The van der Waals surface area contributed by atoms with Crippen molar-refractivity contribution in [3.63, 3.8) is 0 Å². The molecule has 174 valence electrons. The Morgan fingerprint density at radius 2 is 1.77 bits per heavy atom. The molecule has 0 spiro atoms. The number of nitrogens with zero attached hydrogens (tertiary/aromatic N) is 3. The van der Waals surface area contributed by atoms with Crippen molar-refractivity contribution in [3.8, 4) is 11.1 Å². The number of fused-ring (bicyclic) bond motifs is 2. The molecule has 0 atom stereocenters. The van der Waals surface area contributed by atoms with E-state index in [-0.39, 0.29) is 5.91 Å². The van der Waals surface area contributed by atoms with Crippen LogP contribution in [0.2, 0.25) is 0 Å². The summed E-state index contributed by atoms with van der Waals surface area (Å²) in [5.74, 6) is 0.479. The molecule has 3 heterocycles. The molecule has 1 aliphatic rings. The summed E-state index contributed by atoms with van der Waals surface area (Å²) in [6.07, 6.45) is 1.85. The molecular weight excluding hydrogens is 436 g/mol. The number of benzene rings is 3. The maximum Gasteiger partial charge on any atom is 0.262 e. The topological polar surface area (TPSA) is 73.4 Å². The van der Waals surface area contributed by atoms with Crippen LogP contribution in [0.25, 0.3) is 32.9 Å². The molecule has 3 aromatic carbocycles. The van der Waals surface area contributed by atoms with Crippen molar-refractivity contribution in [2.45, 2.75) is 6.92 Å². The van der Waals surface area contributed by atoms with Crippen molar-refractivity contribution in [3.05, 3.63) is 90.1 Å². The van der Waals surface area contributed by atoms with Crippen LogP contribution in [0, 0.1) is 6.92 Å². The van der Waals surface area contributed by atoms with E-state index in [2.05, 4.69) is 22.0 Å². The van der Waals surface area contributed by atoms with Gasteiger partial charge in [-0.05, 0) is 60.0 Å². The van der Waals surface area contributed by atoms with Gasteiger partial charge in [-0.2, -0.15) is 0 Å². The standard InChI is InChI=1S/C29H26N4O2/c1-19-5-4-7-23(29(34)33-12-11-20-6-2-3-8-25(20)33)27(19)21-9-10-24-22(17-21)18-26(28(30)31-24)32-13-15-35-16-14-32/h2-12,17-18H,13-16H2,1H3,(H2,30,31). The Kier molecular flexibility index (Phi) is 5.23. The first kappa shape index (κ1) is 21.4. The Balaban J connectivity index is 1.47. The van der Waals surface area contributed by atoms with Crippen molar-refractivity contribution in [2.75, 3.05) is 36.9 Å². The Morgan fingerprint density at radius 3 is 2.63 bits per heavy atom. The van der Waals surface area contributed by atoms with Gasteiger partial charge in [-0.3, -0.25) is 9.36 Å². The number of carbonyl (C=O) groups is 1. The molecule has 1 fully saturated rings. The van der Waals surface area contributed by atoms with E-state index >= 15 is 0 Å². The van der Waals surface area contributed by atoms with Crippen molar-refractivity contribution in [2.24, 2.45) is 0 Å².